The first kappa shape index (κ1) is 14.3. The molecule has 4 heteroatoms. The molecule has 1 aromatic carbocycles. The van der Waals surface area contributed by atoms with Crippen LogP contribution in [0.2, 0.25) is 0 Å². The Bertz CT molecular complexity index is 689. The zero-order chi connectivity index (χ0) is 14.8. The summed E-state index contributed by atoms with van der Waals surface area (Å²) in [6.07, 6.45) is 1.88. The summed E-state index contributed by atoms with van der Waals surface area (Å²) in [5.74, 6) is 0.458. The van der Waals surface area contributed by atoms with E-state index in [4.69, 9.17) is 0 Å². The fourth-order valence-electron chi connectivity index (χ4n) is 2.86. The minimum Gasteiger partial charge on any atom is -0.346 e. The Kier molecular flexibility index (Phi) is 4.08. The van der Waals surface area contributed by atoms with Gasteiger partial charge in [-0.15, -0.1) is 11.3 Å². The standard InChI is InChI=1S/C17H21N3S/c1-12(17-19-8-9-21-17)10-18-11-16-13(2)14-6-4-5-7-15(14)20(16)3/h4-9,12,18H,10-11H2,1-3H3. The van der Waals surface area contributed by atoms with Gasteiger partial charge in [0.25, 0.3) is 0 Å². The molecule has 0 saturated heterocycles. The maximum atomic E-state index is 4.38. The lowest BCUT2D eigenvalue weighted by Crippen LogP contribution is -2.21. The molecule has 3 nitrogen and oxygen atoms in total. The van der Waals surface area contributed by atoms with Crippen molar-refractivity contribution in [2.75, 3.05) is 6.54 Å². The summed E-state index contributed by atoms with van der Waals surface area (Å²) in [6.45, 7) is 6.28. The summed E-state index contributed by atoms with van der Waals surface area (Å²) in [6, 6.07) is 8.59. The van der Waals surface area contributed by atoms with Gasteiger partial charge in [0.15, 0.2) is 0 Å². The summed E-state index contributed by atoms with van der Waals surface area (Å²) in [4.78, 5) is 4.38. The van der Waals surface area contributed by atoms with Crippen LogP contribution in [0.1, 0.15) is 29.1 Å². The number of nitrogens with zero attached hydrogens (tertiary/aromatic N) is 2. The van der Waals surface area contributed by atoms with Gasteiger partial charge in [-0.05, 0) is 18.6 Å². The fraction of sp³-hybridized carbons (Fsp3) is 0.353. The average molecular weight is 299 g/mol. The predicted molar refractivity (Wildman–Crippen MR) is 89.9 cm³/mol. The first-order chi connectivity index (χ1) is 10.2. The predicted octanol–water partition coefficient (Wildman–Crippen LogP) is 3.84. The Balaban J connectivity index is 1.71. The number of nitrogens with one attached hydrogen (secondary N) is 1. The first-order valence-electron chi connectivity index (χ1n) is 7.31. The first-order valence-corrected chi connectivity index (χ1v) is 8.19. The van der Waals surface area contributed by atoms with Crippen LogP contribution < -0.4 is 5.32 Å². The number of hydrogen-bond acceptors (Lipinski definition) is 3. The molecule has 0 aliphatic heterocycles. The number of rotatable bonds is 5. The Morgan fingerprint density at radius 1 is 1.33 bits per heavy atom. The molecule has 0 aliphatic carbocycles. The Labute approximate surface area is 129 Å². The Morgan fingerprint density at radius 2 is 2.14 bits per heavy atom. The summed E-state index contributed by atoms with van der Waals surface area (Å²) >= 11 is 1.73. The molecule has 1 N–H and O–H groups in total. The number of thiazole rings is 1. The minimum atomic E-state index is 0.458. The van der Waals surface area contributed by atoms with E-state index in [9.17, 15) is 0 Å². The van der Waals surface area contributed by atoms with Crippen molar-refractivity contribution in [3.63, 3.8) is 0 Å². The molecular formula is C17H21N3S. The molecule has 0 saturated carbocycles. The summed E-state index contributed by atoms with van der Waals surface area (Å²) in [7, 11) is 2.15. The molecule has 1 unspecified atom stereocenters. The van der Waals surface area contributed by atoms with Crippen LogP contribution in [-0.2, 0) is 13.6 Å². The van der Waals surface area contributed by atoms with E-state index in [2.05, 4.69) is 60.0 Å². The molecule has 3 rings (SSSR count). The maximum absolute atomic E-state index is 4.38. The van der Waals surface area contributed by atoms with Gasteiger partial charge in [-0.1, -0.05) is 25.1 Å². The van der Waals surface area contributed by atoms with E-state index in [0.29, 0.717) is 5.92 Å². The zero-order valence-electron chi connectivity index (χ0n) is 12.8. The highest BCUT2D eigenvalue weighted by Crippen LogP contribution is 2.24. The van der Waals surface area contributed by atoms with Gasteiger partial charge in [-0.2, -0.15) is 0 Å². The quantitative estimate of drug-likeness (QED) is 0.776. The molecule has 2 heterocycles. The SMILES string of the molecule is Cc1c(CNCC(C)c2nccs2)n(C)c2ccccc12. The van der Waals surface area contributed by atoms with Crippen molar-refractivity contribution in [1.29, 1.82) is 0 Å². The number of benzene rings is 1. The number of para-hydroxylation sites is 1. The normalized spacial score (nSPS) is 12.9. The van der Waals surface area contributed by atoms with E-state index in [1.165, 1.54) is 27.2 Å². The summed E-state index contributed by atoms with van der Waals surface area (Å²) in [5, 5.41) is 8.18. The van der Waals surface area contributed by atoms with Crippen LogP contribution in [0.5, 0.6) is 0 Å². The molecule has 0 aliphatic rings. The van der Waals surface area contributed by atoms with Gasteiger partial charge in [-0.3, -0.25) is 0 Å². The monoisotopic (exact) mass is 299 g/mol. The number of aryl methyl sites for hydroxylation is 2. The minimum absolute atomic E-state index is 0.458. The van der Waals surface area contributed by atoms with Gasteiger partial charge < -0.3 is 9.88 Å². The molecule has 0 spiro atoms. The average Bonchev–Trinajstić information content (AvgIpc) is 3.11. The van der Waals surface area contributed by atoms with Crippen molar-refractivity contribution < 1.29 is 0 Å². The van der Waals surface area contributed by atoms with E-state index in [1.54, 1.807) is 11.3 Å². The molecule has 0 fully saturated rings. The summed E-state index contributed by atoms with van der Waals surface area (Å²) in [5.41, 5.74) is 4.05. The smallest absolute Gasteiger partial charge is 0.0965 e. The Morgan fingerprint density at radius 3 is 2.86 bits per heavy atom. The van der Waals surface area contributed by atoms with Crippen molar-refractivity contribution in [3.05, 3.63) is 52.1 Å². The number of fused-ring (bicyclic) bond motifs is 1. The molecule has 0 bridgehead atoms. The highest BCUT2D eigenvalue weighted by molar-refractivity contribution is 7.09. The topological polar surface area (TPSA) is 29.9 Å². The van der Waals surface area contributed by atoms with E-state index in [1.807, 2.05) is 11.6 Å². The second-order valence-corrected chi connectivity index (χ2v) is 6.48. The lowest BCUT2D eigenvalue weighted by molar-refractivity contribution is 0.596. The van der Waals surface area contributed by atoms with E-state index in [-0.39, 0.29) is 0 Å². The van der Waals surface area contributed by atoms with E-state index in [0.717, 1.165) is 13.1 Å². The van der Waals surface area contributed by atoms with Crippen LogP contribution in [0.3, 0.4) is 0 Å². The molecule has 0 amide bonds. The maximum Gasteiger partial charge on any atom is 0.0965 e. The van der Waals surface area contributed by atoms with Crippen LogP contribution >= 0.6 is 11.3 Å². The molecular weight excluding hydrogens is 278 g/mol. The van der Waals surface area contributed by atoms with Gasteiger partial charge in [0, 0.05) is 54.2 Å². The second-order valence-electron chi connectivity index (χ2n) is 5.55. The van der Waals surface area contributed by atoms with Crippen molar-refractivity contribution in [2.24, 2.45) is 7.05 Å². The summed E-state index contributed by atoms with van der Waals surface area (Å²) < 4.78 is 2.30. The van der Waals surface area contributed by atoms with Crippen molar-refractivity contribution in [1.82, 2.24) is 14.9 Å². The largest absolute Gasteiger partial charge is 0.346 e. The van der Waals surface area contributed by atoms with E-state index >= 15 is 0 Å². The number of hydrogen-bond donors (Lipinski definition) is 1. The van der Waals surface area contributed by atoms with Gasteiger partial charge >= 0.3 is 0 Å². The zero-order valence-corrected chi connectivity index (χ0v) is 13.6. The van der Waals surface area contributed by atoms with Gasteiger partial charge in [0.1, 0.15) is 0 Å². The van der Waals surface area contributed by atoms with Crippen molar-refractivity contribution >= 4 is 22.2 Å². The van der Waals surface area contributed by atoms with Gasteiger partial charge in [-0.25, -0.2) is 4.98 Å². The molecule has 0 radical (unpaired) electrons. The fourth-order valence-corrected chi connectivity index (χ4v) is 3.56. The van der Waals surface area contributed by atoms with Crippen LogP contribution in [0.4, 0.5) is 0 Å². The van der Waals surface area contributed by atoms with E-state index < -0.39 is 0 Å². The van der Waals surface area contributed by atoms with Gasteiger partial charge in [0.2, 0.25) is 0 Å². The third-order valence-electron chi connectivity index (χ3n) is 4.12. The molecule has 110 valence electrons. The third kappa shape index (κ3) is 2.74. The van der Waals surface area contributed by atoms with Crippen molar-refractivity contribution in [3.8, 4) is 0 Å². The van der Waals surface area contributed by atoms with Crippen LogP contribution in [0.15, 0.2) is 35.8 Å². The van der Waals surface area contributed by atoms with Crippen LogP contribution in [0.25, 0.3) is 10.9 Å². The van der Waals surface area contributed by atoms with Gasteiger partial charge in [0.05, 0.1) is 5.01 Å². The lowest BCUT2D eigenvalue weighted by Gasteiger charge is -2.11. The van der Waals surface area contributed by atoms with Crippen LogP contribution in [-0.4, -0.2) is 16.1 Å². The second kappa shape index (κ2) is 6.00. The third-order valence-corrected chi connectivity index (χ3v) is 5.13. The molecule has 2 aromatic heterocycles. The lowest BCUT2D eigenvalue weighted by atomic mass is 10.1. The Hall–Kier alpha value is -1.65. The molecule has 3 aromatic rings. The molecule has 21 heavy (non-hydrogen) atoms. The van der Waals surface area contributed by atoms with Crippen molar-refractivity contribution in [2.45, 2.75) is 26.3 Å². The highest BCUT2D eigenvalue weighted by Gasteiger charge is 2.12. The molecule has 1 atom stereocenters. The van der Waals surface area contributed by atoms with Crippen LogP contribution in [0, 0.1) is 6.92 Å². The highest BCUT2D eigenvalue weighted by atomic mass is 32.1. The number of aromatic nitrogens is 2.